The van der Waals surface area contributed by atoms with Gasteiger partial charge in [0.15, 0.2) is 22.8 Å². The Bertz CT molecular complexity index is 1630. The highest BCUT2D eigenvalue weighted by molar-refractivity contribution is 5.89. The number of hydrogen-bond acceptors (Lipinski definition) is 9. The predicted molar refractivity (Wildman–Crippen MR) is 128 cm³/mol. The number of nitrogens with zero attached hydrogens (tertiary/aromatic N) is 9. The number of nitrogens with two attached hydrogens (primary N) is 1. The first-order valence-electron chi connectivity index (χ1n) is 11.3. The van der Waals surface area contributed by atoms with Crippen molar-refractivity contribution in [1.29, 1.82) is 0 Å². The van der Waals surface area contributed by atoms with Crippen LogP contribution in [0.4, 0.5) is 16.0 Å². The molecule has 0 saturated carbocycles. The zero-order valence-electron chi connectivity index (χ0n) is 19.4. The lowest BCUT2D eigenvalue weighted by atomic mass is 10.2. The molecule has 0 amide bonds. The molecule has 0 radical (unpaired) electrons. The van der Waals surface area contributed by atoms with Crippen molar-refractivity contribution in [3.63, 3.8) is 0 Å². The molecule has 0 spiro atoms. The van der Waals surface area contributed by atoms with E-state index in [-0.39, 0.29) is 11.8 Å². The molecule has 35 heavy (non-hydrogen) atoms. The number of aromatic nitrogens is 7. The Morgan fingerprint density at radius 2 is 1.91 bits per heavy atom. The highest BCUT2D eigenvalue weighted by Crippen LogP contribution is 2.27. The molecule has 0 bridgehead atoms. The van der Waals surface area contributed by atoms with Crippen LogP contribution in [-0.2, 0) is 6.54 Å². The van der Waals surface area contributed by atoms with E-state index in [1.807, 2.05) is 9.58 Å². The minimum atomic E-state index is -0.279. The summed E-state index contributed by atoms with van der Waals surface area (Å²) in [5.74, 6) is 6.52. The van der Waals surface area contributed by atoms with E-state index in [1.165, 1.54) is 10.6 Å². The minimum absolute atomic E-state index is 0.237. The zero-order valence-corrected chi connectivity index (χ0v) is 19.4. The molecule has 0 unspecified atom stereocenters. The van der Waals surface area contributed by atoms with Crippen LogP contribution >= 0.6 is 0 Å². The van der Waals surface area contributed by atoms with Crippen LogP contribution in [0.25, 0.3) is 27.8 Å². The Labute approximate surface area is 199 Å². The van der Waals surface area contributed by atoms with Crippen LogP contribution in [0, 0.1) is 24.6 Å². The van der Waals surface area contributed by atoms with E-state index in [4.69, 9.17) is 10.2 Å². The van der Waals surface area contributed by atoms with Crippen molar-refractivity contribution in [2.45, 2.75) is 20.4 Å². The molecule has 5 aromatic rings. The van der Waals surface area contributed by atoms with Gasteiger partial charge in [-0.25, -0.2) is 14.1 Å². The standard InChI is InChI=1S/C23H23FN10O/c1-3-4-20-28-22-15-13-26-33(21(15)29-23(25)34(22)30-20)10-7-31-5-8-32(9-6-31)18-12-19-17(11-16(18)24)27-14(2)35-19/h11-13H,5-10H2,1-2H3,(H2,25,29). The second kappa shape index (κ2) is 8.21. The number of anilines is 2. The molecule has 0 aliphatic carbocycles. The molecule has 11 nitrogen and oxygen atoms in total. The average Bonchev–Trinajstić information content (AvgIpc) is 3.54. The third-order valence-electron chi connectivity index (χ3n) is 6.24. The van der Waals surface area contributed by atoms with Crippen LogP contribution < -0.4 is 10.6 Å². The van der Waals surface area contributed by atoms with Crippen molar-refractivity contribution in [3.8, 4) is 11.8 Å². The summed E-state index contributed by atoms with van der Waals surface area (Å²) in [7, 11) is 0. The van der Waals surface area contributed by atoms with E-state index in [0.717, 1.165) is 25.0 Å². The van der Waals surface area contributed by atoms with Gasteiger partial charge in [-0.05, 0) is 12.8 Å². The highest BCUT2D eigenvalue weighted by atomic mass is 19.1. The third kappa shape index (κ3) is 3.70. The summed E-state index contributed by atoms with van der Waals surface area (Å²) < 4.78 is 23.6. The van der Waals surface area contributed by atoms with Crippen molar-refractivity contribution >= 4 is 39.4 Å². The van der Waals surface area contributed by atoms with E-state index in [9.17, 15) is 4.39 Å². The van der Waals surface area contributed by atoms with Crippen LogP contribution in [0.2, 0.25) is 0 Å². The molecule has 1 fully saturated rings. The van der Waals surface area contributed by atoms with Gasteiger partial charge in [0.2, 0.25) is 11.8 Å². The fourth-order valence-electron chi connectivity index (χ4n) is 4.53. The maximum Gasteiger partial charge on any atom is 0.226 e. The highest BCUT2D eigenvalue weighted by Gasteiger charge is 2.22. The summed E-state index contributed by atoms with van der Waals surface area (Å²) in [5, 5.41) is 9.58. The summed E-state index contributed by atoms with van der Waals surface area (Å²) in [5.41, 5.74) is 9.07. The van der Waals surface area contributed by atoms with Crippen molar-refractivity contribution in [3.05, 3.63) is 35.9 Å². The molecule has 6 rings (SSSR count). The van der Waals surface area contributed by atoms with Gasteiger partial charge in [-0.2, -0.15) is 19.6 Å². The summed E-state index contributed by atoms with van der Waals surface area (Å²) in [4.78, 5) is 17.5. The van der Waals surface area contributed by atoms with Gasteiger partial charge in [0.25, 0.3) is 0 Å². The number of hydrogen-bond donors (Lipinski definition) is 1. The van der Waals surface area contributed by atoms with Gasteiger partial charge in [0.1, 0.15) is 11.3 Å². The van der Waals surface area contributed by atoms with E-state index >= 15 is 0 Å². The maximum absolute atomic E-state index is 14.7. The van der Waals surface area contributed by atoms with Crippen LogP contribution in [0.15, 0.2) is 22.7 Å². The molecule has 178 valence electrons. The van der Waals surface area contributed by atoms with Gasteiger partial charge in [-0.3, -0.25) is 4.90 Å². The van der Waals surface area contributed by atoms with Crippen LogP contribution in [-0.4, -0.2) is 72.0 Å². The molecule has 4 aromatic heterocycles. The van der Waals surface area contributed by atoms with Crippen LogP contribution in [0.1, 0.15) is 18.6 Å². The predicted octanol–water partition coefficient (Wildman–Crippen LogP) is 1.84. The molecule has 12 heteroatoms. The number of oxazole rings is 1. The summed E-state index contributed by atoms with van der Waals surface area (Å²) in [6, 6.07) is 3.19. The van der Waals surface area contributed by atoms with E-state index in [2.05, 4.69) is 41.9 Å². The van der Waals surface area contributed by atoms with E-state index in [1.54, 1.807) is 26.1 Å². The molecule has 2 N–H and O–H groups in total. The summed E-state index contributed by atoms with van der Waals surface area (Å²) in [6.45, 7) is 7.93. The van der Waals surface area contributed by atoms with Gasteiger partial charge in [0.05, 0.1) is 23.8 Å². The summed E-state index contributed by atoms with van der Waals surface area (Å²) in [6.07, 6.45) is 1.73. The monoisotopic (exact) mass is 474 g/mol. The van der Waals surface area contributed by atoms with Crippen molar-refractivity contribution in [2.24, 2.45) is 0 Å². The molecule has 1 aliphatic rings. The summed E-state index contributed by atoms with van der Waals surface area (Å²) >= 11 is 0. The first-order valence-corrected chi connectivity index (χ1v) is 11.3. The zero-order chi connectivity index (χ0) is 24.1. The first-order chi connectivity index (χ1) is 17.0. The molecular formula is C23H23FN10O. The number of fused-ring (bicyclic) bond motifs is 4. The Morgan fingerprint density at radius 1 is 1.09 bits per heavy atom. The van der Waals surface area contributed by atoms with Crippen LogP contribution in [0.3, 0.4) is 0 Å². The lowest BCUT2D eigenvalue weighted by Crippen LogP contribution is -2.47. The lowest BCUT2D eigenvalue weighted by Gasteiger charge is -2.36. The Hall–Kier alpha value is -4.24. The third-order valence-corrected chi connectivity index (χ3v) is 6.24. The topological polar surface area (TPSA) is 119 Å². The Morgan fingerprint density at radius 3 is 2.71 bits per heavy atom. The normalized spacial score (nSPS) is 14.8. The lowest BCUT2D eigenvalue weighted by molar-refractivity contribution is 0.245. The van der Waals surface area contributed by atoms with Gasteiger partial charge in [-0.15, -0.1) is 5.10 Å². The number of nitrogen functional groups attached to an aromatic ring is 1. The van der Waals surface area contributed by atoms with Crippen molar-refractivity contribution < 1.29 is 8.81 Å². The Balaban J connectivity index is 1.15. The minimum Gasteiger partial charge on any atom is -0.441 e. The number of halogens is 1. The quantitative estimate of drug-likeness (QED) is 0.389. The molecule has 1 aromatic carbocycles. The second-order valence-corrected chi connectivity index (χ2v) is 8.45. The second-order valence-electron chi connectivity index (χ2n) is 8.45. The number of benzene rings is 1. The van der Waals surface area contributed by atoms with Gasteiger partial charge < -0.3 is 15.1 Å². The van der Waals surface area contributed by atoms with Crippen molar-refractivity contribution in [1.82, 2.24) is 39.2 Å². The number of rotatable bonds is 4. The fraction of sp³-hybridized carbons (Fsp3) is 0.348. The Kier molecular flexibility index (Phi) is 5.00. The fourth-order valence-corrected chi connectivity index (χ4v) is 4.53. The number of piperazine rings is 1. The molecule has 5 heterocycles. The molecule has 1 saturated heterocycles. The molecule has 1 aliphatic heterocycles. The van der Waals surface area contributed by atoms with E-state index < -0.39 is 0 Å². The largest absolute Gasteiger partial charge is 0.441 e. The molecule has 0 atom stereocenters. The van der Waals surface area contributed by atoms with Gasteiger partial charge in [0, 0.05) is 51.8 Å². The average molecular weight is 475 g/mol. The number of aryl methyl sites for hydroxylation is 1. The smallest absolute Gasteiger partial charge is 0.226 e. The molecular weight excluding hydrogens is 451 g/mol. The van der Waals surface area contributed by atoms with Crippen LogP contribution in [0.5, 0.6) is 0 Å². The maximum atomic E-state index is 14.7. The van der Waals surface area contributed by atoms with E-state index in [0.29, 0.717) is 59.4 Å². The first kappa shape index (κ1) is 21.3. The SMILES string of the molecule is CC#Cc1nc2c3cnn(CCN4CCN(c5cc6oc(C)nc6cc5F)CC4)c3nc(N)n2n1. The van der Waals surface area contributed by atoms with Gasteiger partial charge >= 0.3 is 0 Å². The van der Waals surface area contributed by atoms with Gasteiger partial charge in [-0.1, -0.05) is 5.92 Å². The van der Waals surface area contributed by atoms with Crippen molar-refractivity contribution in [2.75, 3.05) is 43.4 Å².